The van der Waals surface area contributed by atoms with Crippen LogP contribution in [0.5, 0.6) is 0 Å². The monoisotopic (exact) mass is 275 g/mol. The lowest BCUT2D eigenvalue weighted by Crippen LogP contribution is -1.90. The fraction of sp³-hybridized carbons (Fsp3) is 0.650. The van der Waals surface area contributed by atoms with Crippen molar-refractivity contribution in [2.45, 2.75) is 79.6 Å². The van der Waals surface area contributed by atoms with Crippen molar-refractivity contribution in [1.29, 1.82) is 0 Å². The van der Waals surface area contributed by atoms with Crippen LogP contribution in [0.15, 0.2) is 34.9 Å². The van der Waals surface area contributed by atoms with Crippen LogP contribution in [-0.4, -0.2) is 0 Å². The zero-order valence-corrected chi connectivity index (χ0v) is 14.5. The first-order valence-corrected chi connectivity index (χ1v) is 8.19. The molecule has 115 valence electrons. The highest BCUT2D eigenvalue weighted by molar-refractivity contribution is 5.05. The summed E-state index contributed by atoms with van der Waals surface area (Å²) in [6.45, 7) is 15.1. The molecular formula is C20H35. The molecule has 0 aromatic carbocycles. The summed E-state index contributed by atoms with van der Waals surface area (Å²) in [5.41, 5.74) is 4.49. The van der Waals surface area contributed by atoms with Crippen molar-refractivity contribution in [2.75, 3.05) is 0 Å². The standard InChI is InChI=1S/C20H35/c1-7-18(4)12-9-14-20(6)16-10-15-19(5)13-8-11-17(2)3/h11,14-15,18H,1,7-10,12-13,16H2,2-6H3/b19-15+,20-14+. The van der Waals surface area contributed by atoms with Gasteiger partial charge in [0.1, 0.15) is 0 Å². The SMILES string of the molecule is [CH2]CC(C)CC/C=C(\C)CC/C=C(\C)CCC=C(C)C. The Morgan fingerprint density at radius 2 is 1.35 bits per heavy atom. The highest BCUT2D eigenvalue weighted by Crippen LogP contribution is 2.14. The Labute approximate surface area is 128 Å². The lowest BCUT2D eigenvalue weighted by molar-refractivity contribution is 0.543. The Kier molecular flexibility index (Phi) is 11.5. The number of hydrogen-bond acceptors (Lipinski definition) is 0. The van der Waals surface area contributed by atoms with Gasteiger partial charge in [0.05, 0.1) is 0 Å². The summed E-state index contributed by atoms with van der Waals surface area (Å²) in [6.07, 6.45) is 15.5. The van der Waals surface area contributed by atoms with E-state index in [-0.39, 0.29) is 0 Å². The first-order valence-electron chi connectivity index (χ1n) is 8.19. The topological polar surface area (TPSA) is 0 Å². The maximum atomic E-state index is 3.96. The first-order chi connectivity index (χ1) is 9.45. The predicted octanol–water partition coefficient (Wildman–Crippen LogP) is 7.05. The molecule has 1 atom stereocenters. The van der Waals surface area contributed by atoms with E-state index in [0.29, 0.717) is 0 Å². The maximum absolute atomic E-state index is 3.96. The van der Waals surface area contributed by atoms with Crippen LogP contribution in [0.1, 0.15) is 79.6 Å². The van der Waals surface area contributed by atoms with Crippen LogP contribution in [0.4, 0.5) is 0 Å². The molecule has 0 aromatic rings. The molecule has 1 unspecified atom stereocenters. The van der Waals surface area contributed by atoms with Crippen LogP contribution < -0.4 is 0 Å². The van der Waals surface area contributed by atoms with Crippen LogP contribution in [0.3, 0.4) is 0 Å². The van der Waals surface area contributed by atoms with Gasteiger partial charge in [-0.05, 0) is 72.1 Å². The summed E-state index contributed by atoms with van der Waals surface area (Å²) < 4.78 is 0. The van der Waals surface area contributed by atoms with Crippen molar-refractivity contribution in [1.82, 2.24) is 0 Å². The first kappa shape index (κ1) is 19.2. The average molecular weight is 276 g/mol. The minimum Gasteiger partial charge on any atom is -0.0856 e. The van der Waals surface area contributed by atoms with E-state index >= 15 is 0 Å². The molecule has 1 radical (unpaired) electrons. The molecule has 0 fully saturated rings. The highest BCUT2D eigenvalue weighted by Gasteiger charge is 1.97. The van der Waals surface area contributed by atoms with E-state index in [0.717, 1.165) is 12.3 Å². The zero-order valence-electron chi connectivity index (χ0n) is 14.5. The third kappa shape index (κ3) is 12.3. The van der Waals surface area contributed by atoms with Crippen molar-refractivity contribution in [3.8, 4) is 0 Å². The molecule has 0 aliphatic heterocycles. The maximum Gasteiger partial charge on any atom is -0.0288 e. The van der Waals surface area contributed by atoms with Gasteiger partial charge in [-0.2, -0.15) is 0 Å². The van der Waals surface area contributed by atoms with E-state index in [1.165, 1.54) is 55.2 Å². The van der Waals surface area contributed by atoms with Gasteiger partial charge in [0.25, 0.3) is 0 Å². The van der Waals surface area contributed by atoms with E-state index in [1.54, 1.807) is 0 Å². The molecule has 0 N–H and O–H groups in total. The van der Waals surface area contributed by atoms with Gasteiger partial charge in [0.2, 0.25) is 0 Å². The van der Waals surface area contributed by atoms with Gasteiger partial charge in [0, 0.05) is 0 Å². The molecule has 0 rings (SSSR count). The Morgan fingerprint density at radius 3 is 1.85 bits per heavy atom. The van der Waals surface area contributed by atoms with Gasteiger partial charge in [-0.3, -0.25) is 0 Å². The third-order valence-electron chi connectivity index (χ3n) is 3.77. The van der Waals surface area contributed by atoms with Gasteiger partial charge in [0.15, 0.2) is 0 Å². The van der Waals surface area contributed by atoms with Crippen molar-refractivity contribution in [2.24, 2.45) is 5.92 Å². The second-order valence-corrected chi connectivity index (χ2v) is 6.43. The molecule has 0 aromatic heterocycles. The molecule has 0 aliphatic carbocycles. The van der Waals surface area contributed by atoms with Crippen molar-refractivity contribution in [3.05, 3.63) is 41.9 Å². The summed E-state index contributed by atoms with van der Waals surface area (Å²) in [7, 11) is 0. The van der Waals surface area contributed by atoms with E-state index in [2.05, 4.69) is 59.8 Å². The van der Waals surface area contributed by atoms with Gasteiger partial charge >= 0.3 is 0 Å². The molecule has 0 saturated heterocycles. The normalized spacial score (nSPS) is 14.3. The summed E-state index contributed by atoms with van der Waals surface area (Å²) >= 11 is 0. The second-order valence-electron chi connectivity index (χ2n) is 6.43. The molecule has 0 heterocycles. The predicted molar refractivity (Wildman–Crippen MR) is 93.8 cm³/mol. The van der Waals surface area contributed by atoms with Crippen molar-refractivity contribution in [3.63, 3.8) is 0 Å². The van der Waals surface area contributed by atoms with Crippen LogP contribution in [0, 0.1) is 12.8 Å². The Bertz CT molecular complexity index is 324. The molecule has 0 aliphatic rings. The molecule has 0 spiro atoms. The van der Waals surface area contributed by atoms with Gasteiger partial charge in [-0.15, -0.1) is 0 Å². The third-order valence-corrected chi connectivity index (χ3v) is 3.77. The Hall–Kier alpha value is -0.780. The van der Waals surface area contributed by atoms with Crippen molar-refractivity contribution < 1.29 is 0 Å². The van der Waals surface area contributed by atoms with Gasteiger partial charge < -0.3 is 0 Å². The van der Waals surface area contributed by atoms with Crippen LogP contribution in [0.25, 0.3) is 0 Å². The molecule has 0 saturated carbocycles. The lowest BCUT2D eigenvalue weighted by Gasteiger charge is -2.06. The molecule has 0 bridgehead atoms. The molecule has 0 amide bonds. The molecule has 20 heavy (non-hydrogen) atoms. The highest BCUT2D eigenvalue weighted by atomic mass is 14.0. The second kappa shape index (κ2) is 12.0. The zero-order chi connectivity index (χ0) is 15.4. The number of hydrogen-bond donors (Lipinski definition) is 0. The van der Waals surface area contributed by atoms with E-state index < -0.39 is 0 Å². The summed E-state index contributed by atoms with van der Waals surface area (Å²) in [4.78, 5) is 0. The number of rotatable bonds is 10. The lowest BCUT2D eigenvalue weighted by atomic mass is 10.0. The van der Waals surface area contributed by atoms with Crippen LogP contribution in [-0.2, 0) is 0 Å². The minimum absolute atomic E-state index is 0.760. The Balaban J connectivity index is 3.85. The fourth-order valence-electron chi connectivity index (χ4n) is 2.10. The average Bonchev–Trinajstić information content (AvgIpc) is 2.38. The summed E-state index contributed by atoms with van der Waals surface area (Å²) in [5.74, 6) is 0.760. The molecule has 0 heteroatoms. The molecular weight excluding hydrogens is 240 g/mol. The number of allylic oxidation sites excluding steroid dienone is 6. The van der Waals surface area contributed by atoms with Gasteiger partial charge in [-0.1, -0.05) is 55.2 Å². The van der Waals surface area contributed by atoms with E-state index in [9.17, 15) is 0 Å². The summed E-state index contributed by atoms with van der Waals surface area (Å²) in [5, 5.41) is 0. The van der Waals surface area contributed by atoms with Crippen LogP contribution in [0.2, 0.25) is 0 Å². The van der Waals surface area contributed by atoms with E-state index in [4.69, 9.17) is 0 Å². The van der Waals surface area contributed by atoms with Crippen molar-refractivity contribution >= 4 is 0 Å². The smallest absolute Gasteiger partial charge is 0.0288 e. The summed E-state index contributed by atoms with van der Waals surface area (Å²) in [6, 6.07) is 0. The quantitative estimate of drug-likeness (QED) is 0.375. The largest absolute Gasteiger partial charge is 0.0856 e. The van der Waals surface area contributed by atoms with Crippen LogP contribution >= 0.6 is 0 Å². The minimum atomic E-state index is 0.760. The van der Waals surface area contributed by atoms with E-state index in [1.807, 2.05) is 0 Å². The Morgan fingerprint density at radius 1 is 0.850 bits per heavy atom. The fourth-order valence-corrected chi connectivity index (χ4v) is 2.10. The molecule has 0 nitrogen and oxygen atoms in total. The van der Waals surface area contributed by atoms with Gasteiger partial charge in [-0.25, -0.2) is 0 Å².